The number of nitrogens with one attached hydrogen (secondary N) is 1. The number of likely N-dealkylation sites (tertiary alicyclic amines) is 1. The average molecular weight is 355 g/mol. The molecule has 0 atom stereocenters. The Morgan fingerprint density at radius 3 is 2.27 bits per heavy atom. The van der Waals surface area contributed by atoms with Gasteiger partial charge in [0, 0.05) is 25.0 Å². The molecular weight excluding hydrogens is 330 g/mol. The fourth-order valence-corrected chi connectivity index (χ4v) is 2.86. The molecule has 6 nitrogen and oxygen atoms in total. The molecule has 0 unspecified atom stereocenters. The quantitative estimate of drug-likeness (QED) is 0.639. The van der Waals surface area contributed by atoms with E-state index in [2.05, 4.69) is 26.1 Å². The molecule has 1 aromatic carbocycles. The highest BCUT2D eigenvalue weighted by Gasteiger charge is 2.28. The van der Waals surface area contributed by atoms with Crippen LogP contribution in [0.4, 0.5) is 5.69 Å². The number of benzene rings is 1. The van der Waals surface area contributed by atoms with E-state index in [0.717, 1.165) is 5.69 Å². The van der Waals surface area contributed by atoms with Crippen molar-refractivity contribution in [2.45, 2.75) is 39.0 Å². The number of aliphatic carboxylic acids is 1. The summed E-state index contributed by atoms with van der Waals surface area (Å²) in [7, 11) is 0. The number of nitriles is 1. The lowest BCUT2D eigenvalue weighted by atomic mass is 9.87. The first-order valence-corrected chi connectivity index (χ1v) is 8.72. The van der Waals surface area contributed by atoms with Crippen molar-refractivity contribution in [1.82, 2.24) is 4.90 Å². The minimum atomic E-state index is -0.825. The van der Waals surface area contributed by atoms with Gasteiger partial charge in [0.05, 0.1) is 5.92 Å². The summed E-state index contributed by atoms with van der Waals surface area (Å²) in [5.74, 6) is -1.60. The van der Waals surface area contributed by atoms with Crippen molar-refractivity contribution < 1.29 is 14.7 Å². The lowest BCUT2D eigenvalue weighted by Crippen LogP contribution is -2.40. The first-order valence-electron chi connectivity index (χ1n) is 8.72. The largest absolute Gasteiger partial charge is 0.481 e. The number of rotatable bonds is 4. The van der Waals surface area contributed by atoms with Gasteiger partial charge in [-0.05, 0) is 36.0 Å². The van der Waals surface area contributed by atoms with Gasteiger partial charge in [-0.15, -0.1) is 0 Å². The summed E-state index contributed by atoms with van der Waals surface area (Å²) in [5, 5.41) is 21.3. The van der Waals surface area contributed by atoms with Gasteiger partial charge >= 0.3 is 5.97 Å². The highest BCUT2D eigenvalue weighted by molar-refractivity contribution is 5.97. The van der Waals surface area contributed by atoms with E-state index in [9.17, 15) is 14.9 Å². The second kappa shape index (κ2) is 8.05. The van der Waals surface area contributed by atoms with Crippen molar-refractivity contribution in [1.29, 1.82) is 5.26 Å². The van der Waals surface area contributed by atoms with Crippen LogP contribution in [0.5, 0.6) is 0 Å². The number of hydrogen-bond donors (Lipinski definition) is 2. The second-order valence-electron chi connectivity index (χ2n) is 7.55. The van der Waals surface area contributed by atoms with E-state index in [-0.39, 0.29) is 16.9 Å². The topological polar surface area (TPSA) is 93.4 Å². The minimum absolute atomic E-state index is 0.0127. The smallest absolute Gasteiger partial charge is 0.306 e. The molecule has 2 rings (SSSR count). The summed E-state index contributed by atoms with van der Waals surface area (Å²) in [6.07, 6.45) is 2.25. The molecule has 1 aliphatic heterocycles. The molecule has 1 heterocycles. The molecule has 1 aliphatic rings. The van der Waals surface area contributed by atoms with Crippen LogP contribution in [-0.2, 0) is 15.0 Å². The maximum absolute atomic E-state index is 12.5. The molecule has 0 saturated carbocycles. The van der Waals surface area contributed by atoms with Crippen molar-refractivity contribution in [2.24, 2.45) is 5.92 Å². The highest BCUT2D eigenvalue weighted by Crippen LogP contribution is 2.24. The average Bonchev–Trinajstić information content (AvgIpc) is 2.61. The standard InChI is InChI=1S/C20H25N3O3/c1-20(2,3)16-4-6-17(7-5-16)22-13-15(12-21)18(24)23-10-8-14(9-11-23)19(25)26/h4-7,13-14,22H,8-11H2,1-3H3,(H,25,26)/b15-13-. The number of piperidine rings is 1. The zero-order chi connectivity index (χ0) is 19.3. The number of carbonyl (C=O) groups excluding carboxylic acids is 1. The maximum atomic E-state index is 12.5. The van der Waals surface area contributed by atoms with Gasteiger partial charge in [0.1, 0.15) is 11.6 Å². The number of amides is 1. The Morgan fingerprint density at radius 2 is 1.81 bits per heavy atom. The van der Waals surface area contributed by atoms with E-state index < -0.39 is 11.9 Å². The van der Waals surface area contributed by atoms with E-state index in [0.29, 0.717) is 25.9 Å². The molecule has 0 spiro atoms. The van der Waals surface area contributed by atoms with Crippen molar-refractivity contribution in [3.8, 4) is 6.07 Å². The molecule has 26 heavy (non-hydrogen) atoms. The van der Waals surface area contributed by atoms with Gasteiger partial charge in [-0.2, -0.15) is 5.26 Å². The Labute approximate surface area is 154 Å². The number of carboxylic acids is 1. The fraction of sp³-hybridized carbons (Fsp3) is 0.450. The zero-order valence-corrected chi connectivity index (χ0v) is 15.5. The van der Waals surface area contributed by atoms with Crippen LogP contribution in [0.1, 0.15) is 39.2 Å². The van der Waals surface area contributed by atoms with E-state index >= 15 is 0 Å². The fourth-order valence-electron chi connectivity index (χ4n) is 2.86. The highest BCUT2D eigenvalue weighted by atomic mass is 16.4. The Bertz CT molecular complexity index is 731. The molecule has 1 fully saturated rings. The minimum Gasteiger partial charge on any atom is -0.481 e. The van der Waals surface area contributed by atoms with Gasteiger partial charge in [0.2, 0.25) is 0 Å². The number of nitrogens with zero attached hydrogens (tertiary/aromatic N) is 2. The third kappa shape index (κ3) is 4.85. The van der Waals surface area contributed by atoms with Crippen LogP contribution in [-0.4, -0.2) is 35.0 Å². The summed E-state index contributed by atoms with van der Waals surface area (Å²) in [4.78, 5) is 25.0. The predicted octanol–water partition coefficient (Wildman–Crippen LogP) is 3.13. The zero-order valence-electron chi connectivity index (χ0n) is 15.5. The van der Waals surface area contributed by atoms with Crippen LogP contribution in [0.3, 0.4) is 0 Å². The molecule has 0 aliphatic carbocycles. The lowest BCUT2D eigenvalue weighted by Gasteiger charge is -2.29. The Balaban J connectivity index is 2.00. The number of anilines is 1. The summed E-state index contributed by atoms with van der Waals surface area (Å²) >= 11 is 0. The molecule has 2 N–H and O–H groups in total. The first-order chi connectivity index (χ1) is 12.2. The lowest BCUT2D eigenvalue weighted by molar-refractivity contribution is -0.145. The normalized spacial score (nSPS) is 16.1. The van der Waals surface area contributed by atoms with Crippen LogP contribution in [0, 0.1) is 17.2 Å². The molecule has 1 aromatic rings. The van der Waals surface area contributed by atoms with Crippen LogP contribution in [0.25, 0.3) is 0 Å². The monoisotopic (exact) mass is 355 g/mol. The van der Waals surface area contributed by atoms with Crippen LogP contribution in [0.2, 0.25) is 0 Å². The number of carboxylic acid groups (broad SMARTS) is 1. The van der Waals surface area contributed by atoms with Gasteiger partial charge in [0.25, 0.3) is 5.91 Å². The summed E-state index contributed by atoms with van der Waals surface area (Å²) in [5.41, 5.74) is 2.07. The number of hydrogen-bond acceptors (Lipinski definition) is 4. The Morgan fingerprint density at radius 1 is 1.23 bits per heavy atom. The Kier molecular flexibility index (Phi) is 6.04. The van der Waals surface area contributed by atoms with Crippen LogP contribution >= 0.6 is 0 Å². The molecule has 1 amide bonds. The first kappa shape index (κ1) is 19.5. The third-order valence-corrected chi connectivity index (χ3v) is 4.62. The van der Waals surface area contributed by atoms with Gasteiger partial charge < -0.3 is 15.3 Å². The van der Waals surface area contributed by atoms with Crippen molar-refractivity contribution in [2.75, 3.05) is 18.4 Å². The van der Waals surface area contributed by atoms with Crippen molar-refractivity contribution in [3.05, 3.63) is 41.6 Å². The number of carbonyl (C=O) groups is 2. The molecule has 0 bridgehead atoms. The third-order valence-electron chi connectivity index (χ3n) is 4.62. The van der Waals surface area contributed by atoms with Gasteiger partial charge in [-0.3, -0.25) is 9.59 Å². The van der Waals surface area contributed by atoms with E-state index in [1.54, 1.807) is 4.90 Å². The molecule has 138 valence electrons. The van der Waals surface area contributed by atoms with Gasteiger partial charge in [-0.1, -0.05) is 32.9 Å². The maximum Gasteiger partial charge on any atom is 0.306 e. The van der Waals surface area contributed by atoms with E-state index in [1.807, 2.05) is 30.3 Å². The molecule has 1 saturated heterocycles. The summed E-state index contributed by atoms with van der Waals surface area (Å²) in [6.45, 7) is 7.12. The van der Waals surface area contributed by atoms with E-state index in [1.165, 1.54) is 11.8 Å². The molecular formula is C20H25N3O3. The predicted molar refractivity (Wildman–Crippen MR) is 99.4 cm³/mol. The van der Waals surface area contributed by atoms with Crippen LogP contribution in [0.15, 0.2) is 36.0 Å². The SMILES string of the molecule is CC(C)(C)c1ccc(N/C=C(/C#N)C(=O)N2CCC(C(=O)O)CC2)cc1. The Hall–Kier alpha value is -2.81. The summed E-state index contributed by atoms with van der Waals surface area (Å²) in [6, 6.07) is 9.78. The van der Waals surface area contributed by atoms with Crippen molar-refractivity contribution in [3.63, 3.8) is 0 Å². The van der Waals surface area contributed by atoms with Gasteiger partial charge in [-0.25, -0.2) is 0 Å². The second-order valence-corrected chi connectivity index (χ2v) is 7.55. The molecule has 0 aromatic heterocycles. The van der Waals surface area contributed by atoms with Crippen LogP contribution < -0.4 is 5.32 Å². The van der Waals surface area contributed by atoms with Crippen molar-refractivity contribution >= 4 is 17.6 Å². The molecule has 6 heteroatoms. The summed E-state index contributed by atoms with van der Waals surface area (Å²) < 4.78 is 0. The van der Waals surface area contributed by atoms with E-state index in [4.69, 9.17) is 5.11 Å². The molecule has 0 radical (unpaired) electrons. The van der Waals surface area contributed by atoms with Gasteiger partial charge in [0.15, 0.2) is 0 Å².